The van der Waals surface area contributed by atoms with E-state index in [1.165, 1.54) is 18.4 Å². The van der Waals surface area contributed by atoms with Crippen LogP contribution < -0.4 is 0 Å². The molecule has 0 amide bonds. The Kier molecular flexibility index (Phi) is 4.76. The lowest BCUT2D eigenvalue weighted by Crippen LogP contribution is -2.32. The summed E-state index contributed by atoms with van der Waals surface area (Å²) >= 11 is 0. The molecule has 0 saturated heterocycles. The average Bonchev–Trinajstić information content (AvgIpc) is 3.18. The van der Waals surface area contributed by atoms with Gasteiger partial charge in [0.25, 0.3) is 0 Å². The van der Waals surface area contributed by atoms with E-state index in [1.807, 2.05) is 31.2 Å². The number of hydrogen-bond acceptors (Lipinski definition) is 2. The zero-order chi connectivity index (χ0) is 13.8. The van der Waals surface area contributed by atoms with Gasteiger partial charge in [-0.15, -0.1) is 0 Å². The summed E-state index contributed by atoms with van der Waals surface area (Å²) in [5.41, 5.74) is 2.06. The molecule has 0 bridgehead atoms. The molecule has 1 saturated carbocycles. The highest BCUT2D eigenvalue weighted by atomic mass is 16.1. The predicted molar refractivity (Wildman–Crippen MR) is 79.6 cm³/mol. The van der Waals surface area contributed by atoms with Gasteiger partial charge in [0.15, 0.2) is 5.78 Å². The van der Waals surface area contributed by atoms with Gasteiger partial charge in [0.05, 0.1) is 0 Å². The fraction of sp³-hybridized carbons (Fsp3) is 0.588. The molecule has 0 spiro atoms. The molecule has 1 aromatic carbocycles. The number of nitrogens with zero attached hydrogens (tertiary/aromatic N) is 1. The third-order valence-corrected chi connectivity index (χ3v) is 3.66. The Morgan fingerprint density at radius 3 is 2.42 bits per heavy atom. The lowest BCUT2D eigenvalue weighted by molar-refractivity contribution is 0.0958. The van der Waals surface area contributed by atoms with E-state index in [4.69, 9.17) is 0 Å². The summed E-state index contributed by atoms with van der Waals surface area (Å²) in [6.45, 7) is 8.57. The van der Waals surface area contributed by atoms with Crippen LogP contribution in [0.1, 0.15) is 49.0 Å². The normalized spacial score (nSPS) is 15.2. The summed E-state index contributed by atoms with van der Waals surface area (Å²) < 4.78 is 0. The highest BCUT2D eigenvalue weighted by molar-refractivity contribution is 5.96. The number of Topliss-reactive ketones (excluding diaryl/α,β-unsaturated/α-hetero) is 1. The molecule has 0 aromatic heterocycles. The van der Waals surface area contributed by atoms with Crippen molar-refractivity contribution in [2.45, 2.75) is 46.1 Å². The Bertz CT molecular complexity index is 417. The number of carbonyl (C=O) groups excluding carboxylic acids is 1. The molecule has 0 unspecified atom stereocenters. The van der Waals surface area contributed by atoms with Crippen molar-refractivity contribution in [1.82, 2.24) is 4.90 Å². The van der Waals surface area contributed by atoms with Crippen LogP contribution in [0.3, 0.4) is 0 Å². The van der Waals surface area contributed by atoms with Crippen LogP contribution in [0.25, 0.3) is 0 Å². The third-order valence-electron chi connectivity index (χ3n) is 3.66. The van der Waals surface area contributed by atoms with Crippen LogP contribution in [-0.2, 0) is 0 Å². The predicted octanol–water partition coefficient (Wildman–Crippen LogP) is 3.69. The first-order valence-corrected chi connectivity index (χ1v) is 7.40. The van der Waals surface area contributed by atoms with E-state index < -0.39 is 0 Å². The van der Waals surface area contributed by atoms with Gasteiger partial charge in [-0.2, -0.15) is 0 Å². The summed E-state index contributed by atoms with van der Waals surface area (Å²) in [6, 6.07) is 8.66. The highest BCUT2D eigenvalue weighted by Crippen LogP contribution is 2.27. The Balaban J connectivity index is 1.86. The van der Waals surface area contributed by atoms with E-state index in [0.29, 0.717) is 12.3 Å². The topological polar surface area (TPSA) is 20.3 Å². The average molecular weight is 259 g/mol. The molecule has 2 heteroatoms. The lowest BCUT2D eigenvalue weighted by atomic mass is 10.1. The molecule has 19 heavy (non-hydrogen) atoms. The van der Waals surface area contributed by atoms with E-state index in [2.05, 4.69) is 18.7 Å². The fourth-order valence-corrected chi connectivity index (χ4v) is 2.46. The van der Waals surface area contributed by atoms with E-state index in [0.717, 1.165) is 24.7 Å². The maximum absolute atomic E-state index is 12.2. The molecule has 0 aliphatic heterocycles. The van der Waals surface area contributed by atoms with Crippen LogP contribution in [0, 0.1) is 12.8 Å². The molecular formula is C17H25NO. The maximum Gasteiger partial charge on any atom is 0.164 e. The van der Waals surface area contributed by atoms with Gasteiger partial charge < -0.3 is 0 Å². The SMILES string of the molecule is Cc1ccc(C(=O)CCN(CC(C)C)C2CC2)cc1. The van der Waals surface area contributed by atoms with Gasteiger partial charge in [-0.25, -0.2) is 0 Å². The monoisotopic (exact) mass is 259 g/mol. The Labute approximate surface area is 116 Å². The Morgan fingerprint density at radius 2 is 1.89 bits per heavy atom. The number of rotatable bonds is 7. The summed E-state index contributed by atoms with van der Waals surface area (Å²) in [7, 11) is 0. The number of carbonyl (C=O) groups is 1. The van der Waals surface area contributed by atoms with Gasteiger partial charge in [-0.3, -0.25) is 9.69 Å². The largest absolute Gasteiger partial charge is 0.300 e. The molecule has 0 heterocycles. The summed E-state index contributed by atoms with van der Waals surface area (Å²) in [6.07, 6.45) is 3.27. The molecule has 2 nitrogen and oxygen atoms in total. The first-order chi connectivity index (χ1) is 9.06. The van der Waals surface area contributed by atoms with Crippen molar-refractivity contribution in [3.8, 4) is 0 Å². The van der Waals surface area contributed by atoms with Crippen molar-refractivity contribution in [2.24, 2.45) is 5.92 Å². The Morgan fingerprint density at radius 1 is 1.26 bits per heavy atom. The van der Waals surface area contributed by atoms with Crippen LogP contribution in [0.2, 0.25) is 0 Å². The molecule has 1 aliphatic rings. The molecule has 0 radical (unpaired) electrons. The number of hydrogen-bond donors (Lipinski definition) is 0. The summed E-state index contributed by atoms with van der Waals surface area (Å²) in [4.78, 5) is 14.7. The van der Waals surface area contributed by atoms with Crippen LogP contribution in [0.5, 0.6) is 0 Å². The smallest absolute Gasteiger partial charge is 0.164 e. The summed E-state index contributed by atoms with van der Waals surface area (Å²) in [5.74, 6) is 0.949. The van der Waals surface area contributed by atoms with Crippen molar-refractivity contribution >= 4 is 5.78 Å². The molecule has 1 aromatic rings. The molecule has 0 atom stereocenters. The second kappa shape index (κ2) is 6.33. The number of ketones is 1. The first-order valence-electron chi connectivity index (χ1n) is 7.40. The van der Waals surface area contributed by atoms with Crippen LogP contribution in [-0.4, -0.2) is 29.8 Å². The second-order valence-corrected chi connectivity index (χ2v) is 6.16. The molecule has 104 valence electrons. The molecular weight excluding hydrogens is 234 g/mol. The van der Waals surface area contributed by atoms with Crippen LogP contribution in [0.4, 0.5) is 0 Å². The fourth-order valence-electron chi connectivity index (χ4n) is 2.46. The third kappa shape index (κ3) is 4.46. The minimum atomic E-state index is 0.273. The number of aryl methyl sites for hydroxylation is 1. The van der Waals surface area contributed by atoms with E-state index in [-0.39, 0.29) is 5.78 Å². The quantitative estimate of drug-likeness (QED) is 0.696. The van der Waals surface area contributed by atoms with Gasteiger partial charge in [-0.05, 0) is 25.7 Å². The maximum atomic E-state index is 12.2. The van der Waals surface area contributed by atoms with E-state index >= 15 is 0 Å². The van der Waals surface area contributed by atoms with Crippen LogP contribution >= 0.6 is 0 Å². The van der Waals surface area contributed by atoms with E-state index in [9.17, 15) is 4.79 Å². The zero-order valence-electron chi connectivity index (χ0n) is 12.4. The molecule has 2 rings (SSSR count). The van der Waals surface area contributed by atoms with Crippen molar-refractivity contribution in [3.05, 3.63) is 35.4 Å². The lowest BCUT2D eigenvalue weighted by Gasteiger charge is -2.23. The number of benzene rings is 1. The second-order valence-electron chi connectivity index (χ2n) is 6.16. The van der Waals surface area contributed by atoms with E-state index in [1.54, 1.807) is 0 Å². The highest BCUT2D eigenvalue weighted by Gasteiger charge is 2.29. The van der Waals surface area contributed by atoms with Crippen molar-refractivity contribution in [1.29, 1.82) is 0 Å². The van der Waals surface area contributed by atoms with Gasteiger partial charge in [-0.1, -0.05) is 43.7 Å². The van der Waals surface area contributed by atoms with Crippen molar-refractivity contribution in [2.75, 3.05) is 13.1 Å². The minimum absolute atomic E-state index is 0.273. The minimum Gasteiger partial charge on any atom is -0.300 e. The standard InChI is InChI=1S/C17H25NO/c1-13(2)12-18(16-8-9-16)11-10-17(19)15-6-4-14(3)5-7-15/h4-7,13,16H,8-12H2,1-3H3. The van der Waals surface area contributed by atoms with Gasteiger partial charge in [0.1, 0.15) is 0 Å². The molecule has 1 aliphatic carbocycles. The van der Waals surface area contributed by atoms with Gasteiger partial charge in [0.2, 0.25) is 0 Å². The molecule has 0 N–H and O–H groups in total. The van der Waals surface area contributed by atoms with Crippen molar-refractivity contribution < 1.29 is 4.79 Å². The Hall–Kier alpha value is -1.15. The van der Waals surface area contributed by atoms with Gasteiger partial charge >= 0.3 is 0 Å². The zero-order valence-corrected chi connectivity index (χ0v) is 12.4. The first kappa shape index (κ1) is 14.3. The van der Waals surface area contributed by atoms with Crippen LogP contribution in [0.15, 0.2) is 24.3 Å². The van der Waals surface area contributed by atoms with Crippen molar-refractivity contribution in [3.63, 3.8) is 0 Å². The molecule has 1 fully saturated rings. The summed E-state index contributed by atoms with van der Waals surface area (Å²) in [5, 5.41) is 0. The van der Waals surface area contributed by atoms with Gasteiger partial charge in [0, 0.05) is 31.1 Å².